The molecule has 0 atom stereocenters. The number of ether oxygens (including phenoxy) is 2. The Bertz CT molecular complexity index is 2260. The summed E-state index contributed by atoms with van der Waals surface area (Å²) in [5, 5.41) is 0. The molecule has 54 heavy (non-hydrogen) atoms. The van der Waals surface area contributed by atoms with E-state index in [-0.39, 0.29) is 11.9 Å². The first-order valence-corrected chi connectivity index (χ1v) is 18.2. The van der Waals surface area contributed by atoms with Crippen LogP contribution in [0.3, 0.4) is 0 Å². The molecule has 0 bridgehead atoms. The van der Waals surface area contributed by atoms with Crippen LogP contribution in [0.5, 0.6) is 0 Å². The summed E-state index contributed by atoms with van der Waals surface area (Å²) in [5.74, 6) is -0.682. The van der Waals surface area contributed by atoms with Gasteiger partial charge >= 0.3 is 11.9 Å². The summed E-state index contributed by atoms with van der Waals surface area (Å²) < 4.78 is 10.4. The largest absolute Gasteiger partial charge is 0.462 e. The molecule has 0 aromatic heterocycles. The van der Waals surface area contributed by atoms with Gasteiger partial charge in [0.1, 0.15) is 0 Å². The van der Waals surface area contributed by atoms with Crippen molar-refractivity contribution in [2.45, 2.75) is 13.8 Å². The van der Waals surface area contributed by atoms with Gasteiger partial charge < -0.3 is 9.47 Å². The minimum absolute atomic E-state index is 0.322. The van der Waals surface area contributed by atoms with Crippen LogP contribution >= 0.6 is 0 Å². The lowest BCUT2D eigenvalue weighted by Gasteiger charge is -2.18. The summed E-state index contributed by atoms with van der Waals surface area (Å²) in [6.07, 6.45) is 0. The van der Waals surface area contributed by atoms with Gasteiger partial charge in [0.15, 0.2) is 0 Å². The lowest BCUT2D eigenvalue weighted by molar-refractivity contribution is 0.0517. The molecule has 7 rings (SSSR count). The molecule has 4 nitrogen and oxygen atoms in total. The lowest BCUT2D eigenvalue weighted by Crippen LogP contribution is -2.04. The second-order valence-corrected chi connectivity index (χ2v) is 12.8. The monoisotopic (exact) mass is 704 g/mol. The molecule has 0 N–H and O–H groups in total. The summed E-state index contributed by atoms with van der Waals surface area (Å²) in [5.41, 5.74) is 13.9. The van der Waals surface area contributed by atoms with E-state index in [9.17, 15) is 9.59 Å². The van der Waals surface area contributed by atoms with Crippen molar-refractivity contribution in [3.63, 3.8) is 0 Å². The quantitative estimate of drug-likeness (QED) is 0.0993. The Labute approximate surface area is 317 Å². The van der Waals surface area contributed by atoms with E-state index < -0.39 is 0 Å². The van der Waals surface area contributed by atoms with Gasteiger partial charge in [-0.25, -0.2) is 9.59 Å². The first-order valence-electron chi connectivity index (χ1n) is 18.2. The zero-order valence-electron chi connectivity index (χ0n) is 30.4. The normalized spacial score (nSPS) is 10.7. The highest BCUT2D eigenvalue weighted by molar-refractivity contribution is 6.04. The molecular formula is C50H40O4. The Hall–Kier alpha value is -6.78. The molecule has 0 heterocycles. The number of rotatable bonds is 11. The van der Waals surface area contributed by atoms with Crippen LogP contribution in [-0.4, -0.2) is 25.2 Å². The highest BCUT2D eigenvalue weighted by Gasteiger charge is 2.17. The molecule has 0 radical (unpaired) electrons. The van der Waals surface area contributed by atoms with Crippen LogP contribution < -0.4 is 0 Å². The van der Waals surface area contributed by atoms with Crippen molar-refractivity contribution in [2.75, 3.05) is 13.2 Å². The third kappa shape index (κ3) is 7.99. The smallest absolute Gasteiger partial charge is 0.338 e. The molecule has 0 aliphatic rings. The summed E-state index contributed by atoms with van der Waals surface area (Å²) in [6, 6.07) is 62.0. The maximum atomic E-state index is 12.4. The second kappa shape index (κ2) is 16.7. The molecular weight excluding hydrogens is 665 g/mol. The number of benzene rings is 7. The van der Waals surface area contributed by atoms with Gasteiger partial charge in [-0.05, 0) is 123 Å². The van der Waals surface area contributed by atoms with Crippen LogP contribution in [0.15, 0.2) is 182 Å². The van der Waals surface area contributed by atoms with Crippen molar-refractivity contribution in [3.8, 4) is 33.4 Å². The second-order valence-electron chi connectivity index (χ2n) is 12.8. The highest BCUT2D eigenvalue weighted by atomic mass is 16.5. The number of hydrogen-bond donors (Lipinski definition) is 0. The Morgan fingerprint density at radius 1 is 0.333 bits per heavy atom. The minimum atomic E-state index is -0.341. The maximum absolute atomic E-state index is 12.4. The van der Waals surface area contributed by atoms with Crippen molar-refractivity contribution in [3.05, 3.63) is 215 Å². The van der Waals surface area contributed by atoms with E-state index in [0.29, 0.717) is 24.3 Å². The zero-order valence-corrected chi connectivity index (χ0v) is 30.4. The molecule has 4 heteroatoms. The molecule has 0 saturated carbocycles. The fourth-order valence-corrected chi connectivity index (χ4v) is 6.71. The average Bonchev–Trinajstić information content (AvgIpc) is 3.24. The van der Waals surface area contributed by atoms with Gasteiger partial charge in [0.25, 0.3) is 0 Å². The molecule has 0 amide bonds. The third-order valence-electron chi connectivity index (χ3n) is 9.34. The van der Waals surface area contributed by atoms with Gasteiger partial charge in [-0.1, -0.05) is 140 Å². The summed E-state index contributed by atoms with van der Waals surface area (Å²) >= 11 is 0. The van der Waals surface area contributed by atoms with Crippen molar-refractivity contribution in [1.29, 1.82) is 0 Å². The Morgan fingerprint density at radius 3 is 0.870 bits per heavy atom. The van der Waals surface area contributed by atoms with Gasteiger partial charge in [0.05, 0.1) is 24.3 Å². The van der Waals surface area contributed by atoms with Crippen LogP contribution in [0.25, 0.3) is 44.5 Å². The van der Waals surface area contributed by atoms with E-state index in [1.165, 1.54) is 0 Å². The predicted octanol–water partition coefficient (Wildman–Crippen LogP) is 12.0. The van der Waals surface area contributed by atoms with Crippen LogP contribution in [0.1, 0.15) is 56.8 Å². The van der Waals surface area contributed by atoms with Crippen LogP contribution in [0.2, 0.25) is 0 Å². The van der Waals surface area contributed by atoms with Gasteiger partial charge in [-0.15, -0.1) is 0 Å². The van der Waals surface area contributed by atoms with Gasteiger partial charge in [0.2, 0.25) is 0 Å². The standard InChI is InChI=1S/C50H40O4/c1-3-53-49(51)42-28-22-36(23-29-42)45-32-44(33-46(34-45)37-24-30-43(31-25-37)50(52)54-4-2)35-20-26-41(27-21-35)48(40-18-12-7-13-19-40)47(38-14-8-5-9-15-38)39-16-10-6-11-17-39/h5-34H,3-4H2,1-2H3. The number of carbonyl (C=O) groups is 2. The summed E-state index contributed by atoms with van der Waals surface area (Å²) in [7, 11) is 0. The van der Waals surface area contributed by atoms with Crippen molar-refractivity contribution >= 4 is 23.1 Å². The van der Waals surface area contributed by atoms with Crippen LogP contribution in [0, 0.1) is 0 Å². The Kier molecular flexibility index (Phi) is 11.0. The molecule has 0 aliphatic carbocycles. The summed E-state index contributed by atoms with van der Waals surface area (Å²) in [4.78, 5) is 24.8. The topological polar surface area (TPSA) is 52.6 Å². The first-order chi connectivity index (χ1) is 26.5. The number of carbonyl (C=O) groups excluding carboxylic acids is 2. The first kappa shape index (κ1) is 35.6. The van der Waals surface area contributed by atoms with Gasteiger partial charge in [-0.3, -0.25) is 0 Å². The molecule has 7 aromatic carbocycles. The molecule has 0 unspecified atom stereocenters. The minimum Gasteiger partial charge on any atom is -0.462 e. The molecule has 0 aliphatic heterocycles. The van der Waals surface area contributed by atoms with E-state index in [1.807, 2.05) is 30.3 Å². The van der Waals surface area contributed by atoms with Crippen molar-refractivity contribution < 1.29 is 19.1 Å². The average molecular weight is 705 g/mol. The molecule has 7 aromatic rings. The third-order valence-corrected chi connectivity index (χ3v) is 9.34. The Morgan fingerprint density at radius 2 is 0.593 bits per heavy atom. The predicted molar refractivity (Wildman–Crippen MR) is 219 cm³/mol. The van der Waals surface area contributed by atoms with Gasteiger partial charge in [0, 0.05) is 0 Å². The van der Waals surface area contributed by atoms with E-state index in [4.69, 9.17) is 9.47 Å². The fraction of sp³-hybridized carbons (Fsp3) is 0.0800. The van der Waals surface area contributed by atoms with E-state index in [1.54, 1.807) is 38.1 Å². The maximum Gasteiger partial charge on any atom is 0.338 e. The van der Waals surface area contributed by atoms with Crippen molar-refractivity contribution in [1.82, 2.24) is 0 Å². The van der Waals surface area contributed by atoms with Crippen molar-refractivity contribution in [2.24, 2.45) is 0 Å². The summed E-state index contributed by atoms with van der Waals surface area (Å²) in [6.45, 7) is 4.25. The van der Waals surface area contributed by atoms with E-state index >= 15 is 0 Å². The number of esters is 2. The van der Waals surface area contributed by atoms with E-state index in [0.717, 1.165) is 66.8 Å². The van der Waals surface area contributed by atoms with Gasteiger partial charge in [-0.2, -0.15) is 0 Å². The molecule has 0 fully saturated rings. The lowest BCUT2D eigenvalue weighted by atomic mass is 9.85. The zero-order chi connectivity index (χ0) is 37.3. The molecule has 0 spiro atoms. The van der Waals surface area contributed by atoms with Crippen LogP contribution in [0.4, 0.5) is 0 Å². The van der Waals surface area contributed by atoms with Crippen LogP contribution in [-0.2, 0) is 9.47 Å². The SMILES string of the molecule is CCOC(=O)c1ccc(-c2cc(-c3ccc(C(=O)OCC)cc3)cc(-c3ccc(C(=C(c4ccccc4)c4ccccc4)c4ccccc4)cc3)c2)cc1. The number of hydrogen-bond acceptors (Lipinski definition) is 4. The molecule has 0 saturated heterocycles. The van der Waals surface area contributed by atoms with E-state index in [2.05, 4.69) is 127 Å². The molecule has 264 valence electrons. The highest BCUT2D eigenvalue weighted by Crippen LogP contribution is 2.39. The fourth-order valence-electron chi connectivity index (χ4n) is 6.71. The Balaban J connectivity index is 1.35.